The van der Waals surface area contributed by atoms with Gasteiger partial charge in [-0.25, -0.2) is 0 Å². The number of carbonyl (C=O) groups excluding carboxylic acids is 2. The predicted molar refractivity (Wildman–Crippen MR) is 159 cm³/mol. The van der Waals surface area contributed by atoms with Crippen LogP contribution in [0, 0.1) is 6.92 Å². The van der Waals surface area contributed by atoms with Gasteiger partial charge in [0.05, 0.1) is 28.6 Å². The Balaban J connectivity index is 1.16. The molecule has 1 aliphatic rings. The lowest BCUT2D eigenvalue weighted by molar-refractivity contribution is 0.101. The normalized spacial score (nSPS) is 13.7. The highest BCUT2D eigenvalue weighted by atomic mass is 35.5. The zero-order valence-corrected chi connectivity index (χ0v) is 23.1. The summed E-state index contributed by atoms with van der Waals surface area (Å²) in [6, 6.07) is 20.1. The van der Waals surface area contributed by atoms with Gasteiger partial charge < -0.3 is 26.0 Å². The summed E-state index contributed by atoms with van der Waals surface area (Å²) in [5.41, 5.74) is 5.61. The van der Waals surface area contributed by atoms with Crippen LogP contribution in [-0.4, -0.2) is 45.9 Å². The van der Waals surface area contributed by atoms with E-state index < -0.39 is 0 Å². The second-order valence-electron chi connectivity index (χ2n) is 9.84. The second-order valence-corrected chi connectivity index (χ2v) is 10.2. The van der Waals surface area contributed by atoms with Gasteiger partial charge in [-0.2, -0.15) is 5.10 Å². The Morgan fingerprint density at radius 3 is 2.15 bits per heavy atom. The average molecular weight is 559 g/mol. The molecule has 1 fully saturated rings. The zero-order chi connectivity index (χ0) is 28.2. The van der Waals surface area contributed by atoms with Gasteiger partial charge in [-0.3, -0.25) is 14.3 Å². The summed E-state index contributed by atoms with van der Waals surface area (Å²) < 4.78 is 1.65. The van der Waals surface area contributed by atoms with Crippen molar-refractivity contribution in [3.8, 4) is 0 Å². The number of halogens is 1. The van der Waals surface area contributed by atoms with Crippen LogP contribution >= 0.6 is 11.6 Å². The fourth-order valence-corrected chi connectivity index (χ4v) is 4.79. The van der Waals surface area contributed by atoms with Crippen molar-refractivity contribution < 1.29 is 14.7 Å². The molecule has 0 spiro atoms. The van der Waals surface area contributed by atoms with Gasteiger partial charge in [0.1, 0.15) is 0 Å². The van der Waals surface area contributed by atoms with E-state index in [0.717, 1.165) is 43.0 Å². The van der Waals surface area contributed by atoms with Crippen molar-refractivity contribution in [1.82, 2.24) is 9.78 Å². The Labute approximate surface area is 237 Å². The molecule has 2 heterocycles. The van der Waals surface area contributed by atoms with Crippen LogP contribution in [0.4, 0.5) is 28.4 Å². The molecule has 3 aromatic carbocycles. The highest BCUT2D eigenvalue weighted by Gasteiger charge is 2.18. The summed E-state index contributed by atoms with van der Waals surface area (Å²) in [7, 11) is 1.78. The number of aryl methyl sites for hydroxylation is 1. The Kier molecular flexibility index (Phi) is 8.04. The molecule has 4 N–H and O–H groups in total. The van der Waals surface area contributed by atoms with Crippen LogP contribution in [0.25, 0.3) is 0 Å². The minimum absolute atomic E-state index is 0.191. The molecular formula is C30H31ClN6O3. The van der Waals surface area contributed by atoms with E-state index in [1.54, 1.807) is 29.9 Å². The van der Waals surface area contributed by atoms with Crippen LogP contribution < -0.4 is 20.9 Å². The number of hydrogen-bond donors (Lipinski definition) is 4. The number of hydrogen-bond acceptors (Lipinski definition) is 6. The molecule has 0 saturated carbocycles. The number of aromatic nitrogens is 2. The molecular weight excluding hydrogens is 528 g/mol. The van der Waals surface area contributed by atoms with E-state index in [0.29, 0.717) is 33.2 Å². The Hall–Kier alpha value is -4.34. The van der Waals surface area contributed by atoms with E-state index in [-0.39, 0.29) is 17.9 Å². The summed E-state index contributed by atoms with van der Waals surface area (Å²) in [5, 5.41) is 23.3. The summed E-state index contributed by atoms with van der Waals surface area (Å²) in [6.07, 6.45) is 2.83. The van der Waals surface area contributed by atoms with Gasteiger partial charge in [-0.05, 0) is 86.5 Å². The maximum absolute atomic E-state index is 12.8. The molecule has 40 heavy (non-hydrogen) atoms. The average Bonchev–Trinajstić information content (AvgIpc) is 3.29. The first-order chi connectivity index (χ1) is 19.3. The minimum atomic E-state index is -0.251. The number of aliphatic hydroxyl groups is 1. The van der Waals surface area contributed by atoms with E-state index in [9.17, 15) is 14.7 Å². The van der Waals surface area contributed by atoms with Crippen LogP contribution in [0.15, 0.2) is 72.9 Å². The fourth-order valence-electron chi connectivity index (χ4n) is 4.56. The van der Waals surface area contributed by atoms with Gasteiger partial charge in [-0.1, -0.05) is 11.6 Å². The maximum atomic E-state index is 12.8. The predicted octanol–water partition coefficient (Wildman–Crippen LogP) is 5.59. The number of piperidine rings is 1. The van der Waals surface area contributed by atoms with Crippen molar-refractivity contribution in [2.75, 3.05) is 33.9 Å². The van der Waals surface area contributed by atoms with Crippen LogP contribution in [0.1, 0.15) is 39.3 Å². The topological polar surface area (TPSA) is 112 Å². The molecule has 10 heteroatoms. The lowest BCUT2D eigenvalue weighted by Gasteiger charge is -2.31. The van der Waals surface area contributed by atoms with Gasteiger partial charge in [0.15, 0.2) is 0 Å². The highest BCUT2D eigenvalue weighted by molar-refractivity contribution is 6.33. The second kappa shape index (κ2) is 11.8. The summed E-state index contributed by atoms with van der Waals surface area (Å²) in [5.74, 6) is -0.442. The molecule has 5 rings (SSSR count). The maximum Gasteiger partial charge on any atom is 0.259 e. The van der Waals surface area contributed by atoms with Crippen molar-refractivity contribution in [3.63, 3.8) is 0 Å². The monoisotopic (exact) mass is 558 g/mol. The third-order valence-corrected chi connectivity index (χ3v) is 7.40. The summed E-state index contributed by atoms with van der Waals surface area (Å²) in [6.45, 7) is 3.45. The van der Waals surface area contributed by atoms with Gasteiger partial charge in [0.2, 0.25) is 0 Å². The number of aliphatic hydroxyl groups excluding tert-OH is 1. The van der Waals surface area contributed by atoms with Crippen LogP contribution in [0.3, 0.4) is 0 Å². The van der Waals surface area contributed by atoms with E-state index in [2.05, 4.69) is 25.9 Å². The SMILES string of the molecule is Cc1c(C(=O)Nc2ccc(Nc3ccc(NC(=O)c4ccc(N5CCC(O)CC5)cc4)cc3)c(Cl)c2)cnn1C. The zero-order valence-electron chi connectivity index (χ0n) is 22.3. The first kappa shape index (κ1) is 27.2. The molecule has 1 aliphatic heterocycles. The number of benzene rings is 3. The lowest BCUT2D eigenvalue weighted by Crippen LogP contribution is -2.35. The smallest absolute Gasteiger partial charge is 0.259 e. The molecule has 1 aromatic heterocycles. The molecule has 206 valence electrons. The van der Waals surface area contributed by atoms with Crippen LogP contribution in [0.5, 0.6) is 0 Å². The van der Waals surface area contributed by atoms with Gasteiger partial charge in [0, 0.05) is 54.1 Å². The molecule has 2 amide bonds. The molecule has 0 aliphatic carbocycles. The molecule has 0 radical (unpaired) electrons. The van der Waals surface area contributed by atoms with Gasteiger partial charge >= 0.3 is 0 Å². The number of rotatable bonds is 7. The molecule has 4 aromatic rings. The molecule has 9 nitrogen and oxygen atoms in total. The van der Waals surface area contributed by atoms with Crippen LogP contribution in [0.2, 0.25) is 5.02 Å². The van der Waals surface area contributed by atoms with Crippen molar-refractivity contribution in [3.05, 3.63) is 94.8 Å². The largest absolute Gasteiger partial charge is 0.393 e. The third-order valence-electron chi connectivity index (χ3n) is 7.09. The van der Waals surface area contributed by atoms with Crippen molar-refractivity contribution in [1.29, 1.82) is 0 Å². The molecule has 0 unspecified atom stereocenters. The van der Waals surface area contributed by atoms with E-state index in [4.69, 9.17) is 11.6 Å². The Morgan fingerprint density at radius 2 is 1.52 bits per heavy atom. The molecule has 1 saturated heterocycles. The minimum Gasteiger partial charge on any atom is -0.393 e. The van der Waals surface area contributed by atoms with E-state index >= 15 is 0 Å². The number of nitrogens with one attached hydrogen (secondary N) is 3. The molecule has 0 bridgehead atoms. The number of nitrogens with zero attached hydrogens (tertiary/aromatic N) is 3. The standard InChI is InChI=1S/C30H31ClN6O3/c1-19-26(18-32-36(19)2)30(40)35-23-9-12-28(27(31)17-23)33-21-5-7-22(8-6-21)34-29(39)20-3-10-24(11-4-20)37-15-13-25(38)14-16-37/h3-12,17-18,25,33,38H,13-16H2,1-2H3,(H,34,39)(H,35,40). The number of carbonyl (C=O) groups is 2. The van der Waals surface area contributed by atoms with E-state index in [1.807, 2.05) is 55.5 Å². The highest BCUT2D eigenvalue weighted by Crippen LogP contribution is 2.29. The summed E-state index contributed by atoms with van der Waals surface area (Å²) in [4.78, 5) is 27.5. The fraction of sp³-hybridized carbons (Fsp3) is 0.233. The first-order valence-corrected chi connectivity index (χ1v) is 13.5. The summed E-state index contributed by atoms with van der Waals surface area (Å²) >= 11 is 6.48. The van der Waals surface area contributed by atoms with Crippen molar-refractivity contribution >= 4 is 51.9 Å². The lowest BCUT2D eigenvalue weighted by atomic mass is 10.1. The number of amides is 2. The quantitative estimate of drug-likeness (QED) is 0.235. The first-order valence-electron chi connectivity index (χ1n) is 13.1. The van der Waals surface area contributed by atoms with Gasteiger partial charge in [0.25, 0.3) is 11.8 Å². The Morgan fingerprint density at radius 1 is 0.900 bits per heavy atom. The van der Waals surface area contributed by atoms with E-state index in [1.165, 1.54) is 6.20 Å². The van der Waals surface area contributed by atoms with Gasteiger partial charge in [-0.15, -0.1) is 0 Å². The number of anilines is 5. The van der Waals surface area contributed by atoms with Crippen molar-refractivity contribution in [2.24, 2.45) is 7.05 Å². The van der Waals surface area contributed by atoms with Crippen molar-refractivity contribution in [2.45, 2.75) is 25.9 Å². The molecule has 0 atom stereocenters. The Bertz CT molecular complexity index is 1510. The van der Waals surface area contributed by atoms with Crippen LogP contribution in [-0.2, 0) is 7.05 Å². The third kappa shape index (κ3) is 6.27.